The van der Waals surface area contributed by atoms with Crippen LogP contribution in [0.25, 0.3) is 0 Å². The van der Waals surface area contributed by atoms with Gasteiger partial charge in [-0.3, -0.25) is 0 Å². The lowest BCUT2D eigenvalue weighted by Gasteiger charge is -2.28. The molecule has 0 aliphatic carbocycles. The Morgan fingerprint density at radius 1 is 0.581 bits per heavy atom. The van der Waals surface area contributed by atoms with Crippen molar-refractivity contribution in [2.45, 2.75) is 71.9 Å². The van der Waals surface area contributed by atoms with E-state index >= 15 is 0 Å². The number of nitrogens with one attached hydrogen (secondary N) is 2. The molecule has 2 rings (SSSR count). The van der Waals surface area contributed by atoms with E-state index in [2.05, 4.69) is 47.0 Å². The predicted octanol–water partition coefficient (Wildman–Crippen LogP) is 4.18. The standard InChI is InChI=1S/C17H32N2O3Si.C14H26N2O3Si/c1-4-20-23(21-5-2,22-6-3)12-8-11-19-15-17-10-7-9-16(13-17)14-18;1-17-20(18-2,19-3)9-5-8-16-12-14-7-4-6-13(10-14)11-15/h7,9-10,13,19H,4-6,8,11-12,14-15,18H2,1-3H3;4,6-7,10,16H,5,8-9,11-12,15H2,1-3H3. The Morgan fingerprint density at radius 3 is 1.30 bits per heavy atom. The van der Waals surface area contributed by atoms with Crippen LogP contribution in [0.5, 0.6) is 0 Å². The van der Waals surface area contributed by atoms with Crippen molar-refractivity contribution in [3.05, 3.63) is 70.8 Å². The van der Waals surface area contributed by atoms with Crippen LogP contribution < -0.4 is 22.1 Å². The molecule has 0 aromatic heterocycles. The first-order chi connectivity index (χ1) is 20.9. The van der Waals surface area contributed by atoms with Gasteiger partial charge in [-0.15, -0.1) is 0 Å². The third-order valence-electron chi connectivity index (χ3n) is 6.81. The van der Waals surface area contributed by atoms with Crippen LogP contribution in [0, 0.1) is 0 Å². The van der Waals surface area contributed by atoms with Gasteiger partial charge in [-0.25, -0.2) is 0 Å². The van der Waals surface area contributed by atoms with Gasteiger partial charge >= 0.3 is 17.6 Å². The Hall–Kier alpha value is -1.53. The van der Waals surface area contributed by atoms with Crippen LogP contribution in [0.3, 0.4) is 0 Å². The van der Waals surface area contributed by atoms with Gasteiger partial charge in [-0.05, 0) is 69.0 Å². The van der Waals surface area contributed by atoms with Crippen molar-refractivity contribution in [2.24, 2.45) is 11.5 Å². The number of hydrogen-bond donors (Lipinski definition) is 4. The summed E-state index contributed by atoms with van der Waals surface area (Å²) in [4.78, 5) is 0. The minimum absolute atomic E-state index is 0.581. The van der Waals surface area contributed by atoms with Crippen molar-refractivity contribution >= 4 is 17.6 Å². The molecule has 10 nitrogen and oxygen atoms in total. The Balaban J connectivity index is 0.000000434. The van der Waals surface area contributed by atoms with E-state index in [9.17, 15) is 0 Å². The minimum atomic E-state index is -2.50. The van der Waals surface area contributed by atoms with Gasteiger partial charge in [0.05, 0.1) is 0 Å². The molecular weight excluding hydrogens is 581 g/mol. The largest absolute Gasteiger partial charge is 0.500 e. The lowest BCUT2D eigenvalue weighted by molar-refractivity contribution is 0.0708. The lowest BCUT2D eigenvalue weighted by atomic mass is 10.1. The molecule has 0 amide bonds. The summed E-state index contributed by atoms with van der Waals surface area (Å²) >= 11 is 0. The highest BCUT2D eigenvalue weighted by atomic mass is 28.4. The van der Waals surface area contributed by atoms with E-state index in [-0.39, 0.29) is 0 Å². The third-order valence-corrected chi connectivity index (χ3v) is 12.8. The number of rotatable bonds is 23. The van der Waals surface area contributed by atoms with Crippen molar-refractivity contribution in [1.29, 1.82) is 0 Å². The molecule has 0 fully saturated rings. The van der Waals surface area contributed by atoms with Crippen LogP contribution in [0.4, 0.5) is 0 Å². The number of nitrogens with two attached hydrogens (primary N) is 2. The average molecular weight is 639 g/mol. The summed E-state index contributed by atoms with van der Waals surface area (Å²) < 4.78 is 33.7. The second-order valence-electron chi connectivity index (χ2n) is 9.89. The SMILES string of the molecule is CCO[Si](CCCNCc1cccc(CN)c1)(OCC)OCC.CO[Si](CCCNCc1cccc(CN)c1)(OC)OC. The fourth-order valence-electron chi connectivity index (χ4n) is 4.62. The van der Waals surface area contributed by atoms with Crippen molar-refractivity contribution in [1.82, 2.24) is 10.6 Å². The normalized spacial score (nSPS) is 11.8. The molecule has 0 bridgehead atoms. The van der Waals surface area contributed by atoms with E-state index in [1.807, 2.05) is 32.9 Å². The van der Waals surface area contributed by atoms with E-state index in [1.165, 1.54) is 16.7 Å². The summed E-state index contributed by atoms with van der Waals surface area (Å²) in [5, 5.41) is 6.88. The lowest BCUT2D eigenvalue weighted by Crippen LogP contribution is -2.46. The third kappa shape index (κ3) is 15.9. The van der Waals surface area contributed by atoms with Crippen molar-refractivity contribution in [3.8, 4) is 0 Å². The molecular formula is C31H58N4O6Si2. The second kappa shape index (κ2) is 23.8. The zero-order valence-electron chi connectivity index (χ0n) is 27.4. The van der Waals surface area contributed by atoms with Gasteiger partial charge in [0.1, 0.15) is 0 Å². The topological polar surface area (TPSA) is 131 Å². The monoisotopic (exact) mass is 638 g/mol. The maximum Gasteiger partial charge on any atom is 0.500 e. The Kier molecular flexibility index (Phi) is 21.9. The predicted molar refractivity (Wildman–Crippen MR) is 178 cm³/mol. The van der Waals surface area contributed by atoms with Crippen molar-refractivity contribution < 1.29 is 26.6 Å². The highest BCUT2D eigenvalue weighted by Crippen LogP contribution is 2.18. The highest BCUT2D eigenvalue weighted by molar-refractivity contribution is 6.61. The van der Waals surface area contributed by atoms with Crippen LogP contribution in [0.2, 0.25) is 12.1 Å². The van der Waals surface area contributed by atoms with Gasteiger partial charge in [0.15, 0.2) is 0 Å². The molecule has 12 heteroatoms. The first-order valence-corrected chi connectivity index (χ1v) is 19.3. The quantitative estimate of drug-likeness (QED) is 0.104. The Bertz CT molecular complexity index is 946. The molecule has 0 saturated carbocycles. The number of hydrogen-bond acceptors (Lipinski definition) is 10. The van der Waals surface area contributed by atoms with Gasteiger partial charge in [0.2, 0.25) is 0 Å². The van der Waals surface area contributed by atoms with Crippen LogP contribution >= 0.6 is 0 Å². The van der Waals surface area contributed by atoms with Gasteiger partial charge in [0, 0.05) is 79.4 Å². The fraction of sp³-hybridized carbons (Fsp3) is 0.613. The molecule has 0 atom stereocenters. The first kappa shape index (κ1) is 39.5. The smallest absolute Gasteiger partial charge is 0.377 e. The molecule has 0 heterocycles. The summed E-state index contributed by atoms with van der Waals surface area (Å²) in [7, 11) is 0.0174. The molecule has 0 unspecified atom stereocenters. The minimum Gasteiger partial charge on any atom is -0.377 e. The summed E-state index contributed by atoms with van der Waals surface area (Å²) in [5.74, 6) is 0. The van der Waals surface area contributed by atoms with E-state index in [4.69, 9.17) is 38.0 Å². The summed E-state index contributed by atoms with van der Waals surface area (Å²) in [5.41, 5.74) is 16.1. The average Bonchev–Trinajstić information content (AvgIpc) is 3.04. The molecule has 0 aliphatic heterocycles. The van der Waals surface area contributed by atoms with E-state index in [1.54, 1.807) is 21.3 Å². The highest BCUT2D eigenvalue weighted by Gasteiger charge is 2.39. The molecule has 0 spiro atoms. The van der Waals surface area contributed by atoms with Gasteiger partial charge in [-0.2, -0.15) is 0 Å². The summed E-state index contributed by atoms with van der Waals surface area (Å²) in [6, 6.07) is 18.3. The molecule has 0 radical (unpaired) electrons. The Morgan fingerprint density at radius 2 is 0.953 bits per heavy atom. The second-order valence-corrected chi connectivity index (χ2v) is 15.7. The van der Waals surface area contributed by atoms with Crippen molar-refractivity contribution in [3.63, 3.8) is 0 Å². The Labute approximate surface area is 262 Å². The van der Waals surface area contributed by atoms with E-state index in [0.29, 0.717) is 32.9 Å². The zero-order chi connectivity index (χ0) is 31.8. The molecule has 2 aromatic carbocycles. The molecule has 246 valence electrons. The van der Waals surface area contributed by atoms with Gasteiger partial charge < -0.3 is 48.7 Å². The molecule has 0 aliphatic rings. The summed E-state index contributed by atoms with van der Waals surface area (Å²) in [6.07, 6.45) is 1.93. The first-order valence-electron chi connectivity index (χ1n) is 15.4. The van der Waals surface area contributed by atoms with Crippen LogP contribution in [0.15, 0.2) is 48.5 Å². The van der Waals surface area contributed by atoms with E-state index in [0.717, 1.165) is 56.7 Å². The number of benzene rings is 2. The van der Waals surface area contributed by atoms with Crippen LogP contribution in [0.1, 0.15) is 55.9 Å². The van der Waals surface area contributed by atoms with Gasteiger partial charge in [0.25, 0.3) is 0 Å². The fourth-order valence-corrected chi connectivity index (χ4v) is 8.95. The molecule has 43 heavy (non-hydrogen) atoms. The van der Waals surface area contributed by atoms with Crippen molar-refractivity contribution in [2.75, 3.05) is 54.2 Å². The molecule has 0 saturated heterocycles. The maximum absolute atomic E-state index is 5.86. The zero-order valence-corrected chi connectivity index (χ0v) is 29.4. The molecule has 2 aromatic rings. The van der Waals surface area contributed by atoms with Crippen LogP contribution in [-0.4, -0.2) is 71.8 Å². The van der Waals surface area contributed by atoms with Gasteiger partial charge in [-0.1, -0.05) is 48.5 Å². The molecule has 6 N–H and O–H groups in total. The summed E-state index contributed by atoms with van der Waals surface area (Å²) in [6.45, 7) is 12.5. The van der Waals surface area contributed by atoms with Crippen LogP contribution in [-0.2, 0) is 52.7 Å². The van der Waals surface area contributed by atoms with E-state index < -0.39 is 17.6 Å². The maximum atomic E-state index is 5.86.